The summed E-state index contributed by atoms with van der Waals surface area (Å²) in [5, 5.41) is 0. The lowest BCUT2D eigenvalue weighted by atomic mass is 10.1. The van der Waals surface area contributed by atoms with E-state index in [0.717, 1.165) is 26.1 Å². The summed E-state index contributed by atoms with van der Waals surface area (Å²) in [7, 11) is 0. The van der Waals surface area contributed by atoms with E-state index in [4.69, 9.17) is 9.47 Å². The third-order valence-electron chi connectivity index (χ3n) is 2.68. The van der Waals surface area contributed by atoms with Crippen LogP contribution in [-0.4, -0.2) is 19.0 Å². The van der Waals surface area contributed by atoms with Crippen LogP contribution in [0.15, 0.2) is 0 Å². The summed E-state index contributed by atoms with van der Waals surface area (Å²) in [6, 6.07) is 0. The van der Waals surface area contributed by atoms with Crippen molar-refractivity contribution in [1.82, 2.24) is 0 Å². The minimum absolute atomic E-state index is 0.236. The molecule has 1 aliphatic carbocycles. The van der Waals surface area contributed by atoms with Crippen LogP contribution in [0.5, 0.6) is 0 Å². The van der Waals surface area contributed by atoms with Gasteiger partial charge in [-0.05, 0) is 26.7 Å². The van der Waals surface area contributed by atoms with Crippen LogP contribution in [0.4, 0.5) is 0 Å². The van der Waals surface area contributed by atoms with Crippen molar-refractivity contribution in [1.29, 1.82) is 0 Å². The maximum atomic E-state index is 5.77. The molecule has 0 aromatic carbocycles. The lowest BCUT2D eigenvalue weighted by Gasteiger charge is -2.32. The van der Waals surface area contributed by atoms with E-state index in [-0.39, 0.29) is 5.79 Å². The highest BCUT2D eigenvalue weighted by Gasteiger charge is 2.31. The highest BCUT2D eigenvalue weighted by molar-refractivity contribution is 4.73. The van der Waals surface area contributed by atoms with E-state index in [1.165, 1.54) is 25.7 Å². The minimum Gasteiger partial charge on any atom is -0.350 e. The quantitative estimate of drug-likeness (QED) is 0.496. The maximum Gasteiger partial charge on any atom is 0.168 e. The van der Waals surface area contributed by atoms with Crippen LogP contribution in [0.3, 0.4) is 0 Å². The van der Waals surface area contributed by atoms with Gasteiger partial charge in [-0.3, -0.25) is 0 Å². The fourth-order valence-corrected chi connectivity index (χ4v) is 2.12. The normalized spacial score (nSPS) is 22.6. The highest BCUT2D eigenvalue weighted by atomic mass is 16.7. The largest absolute Gasteiger partial charge is 0.350 e. The molecule has 78 valence electrons. The Labute approximate surface area is 81.6 Å². The van der Waals surface area contributed by atoms with Crippen LogP contribution in [0.25, 0.3) is 0 Å². The number of hydrogen-bond donors (Lipinski definition) is 0. The first-order valence-electron chi connectivity index (χ1n) is 5.61. The van der Waals surface area contributed by atoms with Gasteiger partial charge >= 0.3 is 0 Å². The van der Waals surface area contributed by atoms with Gasteiger partial charge in [0.1, 0.15) is 0 Å². The lowest BCUT2D eigenvalue weighted by Crippen LogP contribution is -2.35. The summed E-state index contributed by atoms with van der Waals surface area (Å²) in [5.74, 6) is -0.236. The lowest BCUT2D eigenvalue weighted by molar-refractivity contribution is -0.239. The Balaban J connectivity index is 2.50. The third kappa shape index (κ3) is 3.28. The molecule has 0 amide bonds. The first-order chi connectivity index (χ1) is 6.33. The predicted molar refractivity (Wildman–Crippen MR) is 53.7 cm³/mol. The molecule has 0 saturated heterocycles. The molecule has 1 rings (SSSR count). The molecule has 0 unspecified atom stereocenters. The van der Waals surface area contributed by atoms with E-state index >= 15 is 0 Å². The van der Waals surface area contributed by atoms with Gasteiger partial charge in [-0.1, -0.05) is 12.8 Å². The third-order valence-corrected chi connectivity index (χ3v) is 2.68. The summed E-state index contributed by atoms with van der Waals surface area (Å²) in [6.45, 7) is 5.62. The van der Waals surface area contributed by atoms with Crippen molar-refractivity contribution in [3.05, 3.63) is 0 Å². The predicted octanol–water partition coefficient (Wildman–Crippen LogP) is 3.11. The molecule has 0 radical (unpaired) electrons. The summed E-state index contributed by atoms with van der Waals surface area (Å²) >= 11 is 0. The second-order valence-corrected chi connectivity index (χ2v) is 3.69. The van der Waals surface area contributed by atoms with Gasteiger partial charge in [0.05, 0.1) is 0 Å². The van der Waals surface area contributed by atoms with Crippen molar-refractivity contribution >= 4 is 0 Å². The zero-order valence-electron chi connectivity index (χ0n) is 8.97. The highest BCUT2D eigenvalue weighted by Crippen LogP contribution is 2.31. The van der Waals surface area contributed by atoms with Gasteiger partial charge in [0, 0.05) is 26.1 Å². The fraction of sp³-hybridized carbons (Fsp3) is 1.00. The van der Waals surface area contributed by atoms with Crippen molar-refractivity contribution in [2.45, 2.75) is 58.2 Å². The van der Waals surface area contributed by atoms with Crippen LogP contribution in [0.1, 0.15) is 52.4 Å². The average molecular weight is 186 g/mol. The second kappa shape index (κ2) is 5.61. The zero-order valence-corrected chi connectivity index (χ0v) is 8.97. The van der Waals surface area contributed by atoms with Gasteiger partial charge in [0.25, 0.3) is 0 Å². The molecule has 0 aromatic heterocycles. The molecule has 13 heavy (non-hydrogen) atoms. The maximum absolute atomic E-state index is 5.77. The van der Waals surface area contributed by atoms with Gasteiger partial charge < -0.3 is 9.47 Å². The molecule has 1 fully saturated rings. The molecule has 0 heterocycles. The monoisotopic (exact) mass is 186 g/mol. The van der Waals surface area contributed by atoms with E-state index in [9.17, 15) is 0 Å². The molecule has 0 aromatic rings. The Bertz CT molecular complexity index is 118. The molecular formula is C11H22O2. The Hall–Kier alpha value is -0.0800. The molecule has 1 aliphatic rings. The molecule has 0 N–H and O–H groups in total. The molecule has 2 nitrogen and oxygen atoms in total. The Morgan fingerprint density at radius 2 is 1.31 bits per heavy atom. The van der Waals surface area contributed by atoms with Crippen LogP contribution < -0.4 is 0 Å². The second-order valence-electron chi connectivity index (χ2n) is 3.69. The standard InChI is InChI=1S/C11H22O2/c1-3-12-11(13-4-2)9-7-5-6-8-10-11/h3-10H2,1-2H3. The molecule has 0 bridgehead atoms. The fourth-order valence-electron chi connectivity index (χ4n) is 2.12. The topological polar surface area (TPSA) is 18.5 Å². The Morgan fingerprint density at radius 3 is 1.69 bits per heavy atom. The first-order valence-corrected chi connectivity index (χ1v) is 5.61. The van der Waals surface area contributed by atoms with E-state index in [0.29, 0.717) is 0 Å². The summed E-state index contributed by atoms with van der Waals surface area (Å²) < 4.78 is 11.5. The Kier molecular flexibility index (Phi) is 4.74. The number of ether oxygens (including phenoxy) is 2. The molecule has 2 heteroatoms. The molecule has 0 aliphatic heterocycles. The van der Waals surface area contributed by atoms with Gasteiger partial charge in [0.15, 0.2) is 5.79 Å². The van der Waals surface area contributed by atoms with Gasteiger partial charge in [-0.25, -0.2) is 0 Å². The summed E-state index contributed by atoms with van der Waals surface area (Å²) in [5.41, 5.74) is 0. The molecular weight excluding hydrogens is 164 g/mol. The molecule has 1 saturated carbocycles. The number of rotatable bonds is 4. The first kappa shape index (κ1) is 11.0. The van der Waals surface area contributed by atoms with Crippen LogP contribution >= 0.6 is 0 Å². The number of hydrogen-bond acceptors (Lipinski definition) is 2. The van der Waals surface area contributed by atoms with Crippen molar-refractivity contribution in [3.63, 3.8) is 0 Å². The van der Waals surface area contributed by atoms with Crippen LogP contribution in [-0.2, 0) is 9.47 Å². The Morgan fingerprint density at radius 1 is 0.846 bits per heavy atom. The van der Waals surface area contributed by atoms with Crippen LogP contribution in [0, 0.1) is 0 Å². The van der Waals surface area contributed by atoms with E-state index in [1.54, 1.807) is 0 Å². The van der Waals surface area contributed by atoms with Crippen LogP contribution in [0.2, 0.25) is 0 Å². The van der Waals surface area contributed by atoms with E-state index < -0.39 is 0 Å². The summed E-state index contributed by atoms with van der Waals surface area (Å²) in [4.78, 5) is 0. The van der Waals surface area contributed by atoms with Gasteiger partial charge in [-0.15, -0.1) is 0 Å². The van der Waals surface area contributed by atoms with Crippen molar-refractivity contribution in [2.24, 2.45) is 0 Å². The van der Waals surface area contributed by atoms with Gasteiger partial charge in [0.2, 0.25) is 0 Å². The van der Waals surface area contributed by atoms with Crippen molar-refractivity contribution in [3.8, 4) is 0 Å². The summed E-state index contributed by atoms with van der Waals surface area (Å²) in [6.07, 6.45) is 7.33. The average Bonchev–Trinajstić information content (AvgIpc) is 2.32. The smallest absolute Gasteiger partial charge is 0.168 e. The van der Waals surface area contributed by atoms with E-state index in [1.807, 2.05) is 13.8 Å². The SMILES string of the molecule is CCOC1(OCC)CCCCCC1. The van der Waals surface area contributed by atoms with Crippen molar-refractivity contribution in [2.75, 3.05) is 13.2 Å². The van der Waals surface area contributed by atoms with Gasteiger partial charge in [-0.2, -0.15) is 0 Å². The minimum atomic E-state index is -0.236. The molecule has 0 atom stereocenters. The molecule has 0 spiro atoms. The van der Waals surface area contributed by atoms with E-state index in [2.05, 4.69) is 0 Å². The van der Waals surface area contributed by atoms with Crippen molar-refractivity contribution < 1.29 is 9.47 Å². The zero-order chi connectivity index (χ0) is 9.57.